The van der Waals surface area contributed by atoms with E-state index < -0.39 is 0 Å². The van der Waals surface area contributed by atoms with Gasteiger partial charge in [0.1, 0.15) is 5.82 Å². The second kappa shape index (κ2) is 7.57. The van der Waals surface area contributed by atoms with Crippen LogP contribution in [0.25, 0.3) is 11.4 Å². The van der Waals surface area contributed by atoms with Crippen molar-refractivity contribution >= 4 is 17.7 Å². The Kier molecular flexibility index (Phi) is 4.82. The molecule has 7 heteroatoms. The first-order chi connectivity index (χ1) is 13.2. The molecular weight excluding hydrogens is 342 g/mol. The summed E-state index contributed by atoms with van der Waals surface area (Å²) in [4.78, 5) is 23.3. The second-order valence-electron chi connectivity index (χ2n) is 6.68. The Hall–Kier alpha value is -3.22. The summed E-state index contributed by atoms with van der Waals surface area (Å²) in [6, 6.07) is 15.8. The Morgan fingerprint density at radius 3 is 2.59 bits per heavy atom. The maximum absolute atomic E-state index is 12.5. The van der Waals surface area contributed by atoms with Gasteiger partial charge in [-0.25, -0.2) is 4.98 Å². The molecule has 0 bridgehead atoms. The van der Waals surface area contributed by atoms with Crippen molar-refractivity contribution in [1.29, 1.82) is 0 Å². The van der Waals surface area contributed by atoms with Crippen LogP contribution < -0.4 is 10.2 Å². The van der Waals surface area contributed by atoms with Gasteiger partial charge in [-0.1, -0.05) is 41.6 Å². The summed E-state index contributed by atoms with van der Waals surface area (Å²) < 4.78 is 5.42. The van der Waals surface area contributed by atoms with E-state index >= 15 is 0 Å². The lowest BCUT2D eigenvalue weighted by Gasteiger charge is -2.29. The molecule has 1 aliphatic heterocycles. The van der Waals surface area contributed by atoms with E-state index in [1.165, 1.54) is 0 Å². The van der Waals surface area contributed by atoms with Gasteiger partial charge >= 0.3 is 6.01 Å². The van der Waals surface area contributed by atoms with E-state index in [1.807, 2.05) is 60.4 Å². The first kappa shape index (κ1) is 17.2. The van der Waals surface area contributed by atoms with Crippen LogP contribution in [0.2, 0.25) is 0 Å². The van der Waals surface area contributed by atoms with E-state index in [-0.39, 0.29) is 11.8 Å². The summed E-state index contributed by atoms with van der Waals surface area (Å²) in [5.41, 5.74) is 1.81. The number of amides is 1. The molecule has 1 amide bonds. The highest BCUT2D eigenvalue weighted by molar-refractivity contribution is 5.91. The van der Waals surface area contributed by atoms with Crippen molar-refractivity contribution < 1.29 is 9.32 Å². The number of carbonyl (C=O) groups is 1. The number of pyridine rings is 1. The first-order valence-electron chi connectivity index (χ1n) is 9.07. The Bertz CT molecular complexity index is 917. The summed E-state index contributed by atoms with van der Waals surface area (Å²) in [6.45, 7) is 3.31. The van der Waals surface area contributed by atoms with Crippen molar-refractivity contribution in [3.05, 3.63) is 54.2 Å². The van der Waals surface area contributed by atoms with Gasteiger partial charge in [0, 0.05) is 30.3 Å². The van der Waals surface area contributed by atoms with Gasteiger partial charge in [-0.05, 0) is 31.9 Å². The Labute approximate surface area is 157 Å². The third-order valence-corrected chi connectivity index (χ3v) is 4.72. The Morgan fingerprint density at radius 2 is 1.85 bits per heavy atom. The molecule has 1 aromatic carbocycles. The fourth-order valence-electron chi connectivity index (χ4n) is 3.22. The lowest BCUT2D eigenvalue weighted by Crippen LogP contribution is -2.38. The molecule has 4 rings (SSSR count). The van der Waals surface area contributed by atoms with E-state index in [0.29, 0.717) is 30.7 Å². The van der Waals surface area contributed by atoms with Crippen LogP contribution in [0.15, 0.2) is 53.1 Å². The van der Waals surface area contributed by atoms with Crippen molar-refractivity contribution in [3.8, 4) is 11.4 Å². The molecule has 0 spiro atoms. The van der Waals surface area contributed by atoms with Crippen molar-refractivity contribution in [1.82, 2.24) is 15.1 Å². The highest BCUT2D eigenvalue weighted by Crippen LogP contribution is 2.25. The molecular formula is C20H21N5O2. The molecule has 3 heterocycles. The monoisotopic (exact) mass is 363 g/mol. The van der Waals surface area contributed by atoms with Crippen molar-refractivity contribution in [2.45, 2.75) is 19.8 Å². The standard InChI is InChI=1S/C20H21N5O2/c1-14-6-5-9-17(21-14)22-19(26)16-10-12-25(13-11-16)20-23-18(24-27-20)15-7-3-2-4-8-15/h2-9,16H,10-13H2,1H3,(H,21,22,26). The maximum Gasteiger partial charge on any atom is 0.324 e. The molecule has 1 saturated heterocycles. The predicted molar refractivity (Wildman–Crippen MR) is 102 cm³/mol. The zero-order chi connectivity index (χ0) is 18.6. The van der Waals surface area contributed by atoms with Crippen molar-refractivity contribution in [2.75, 3.05) is 23.3 Å². The lowest BCUT2D eigenvalue weighted by molar-refractivity contribution is -0.120. The quantitative estimate of drug-likeness (QED) is 0.766. The van der Waals surface area contributed by atoms with Gasteiger partial charge in [-0.2, -0.15) is 4.98 Å². The topological polar surface area (TPSA) is 84.2 Å². The van der Waals surface area contributed by atoms with Gasteiger partial charge in [0.15, 0.2) is 0 Å². The van der Waals surface area contributed by atoms with Crippen LogP contribution in [0.3, 0.4) is 0 Å². The molecule has 1 N–H and O–H groups in total. The fraction of sp³-hybridized carbons (Fsp3) is 0.300. The fourth-order valence-corrected chi connectivity index (χ4v) is 3.22. The van der Waals surface area contributed by atoms with Gasteiger partial charge in [0.05, 0.1) is 0 Å². The molecule has 138 valence electrons. The molecule has 0 unspecified atom stereocenters. The van der Waals surface area contributed by atoms with Gasteiger partial charge in [0.25, 0.3) is 0 Å². The van der Waals surface area contributed by atoms with Crippen LogP contribution in [0.4, 0.5) is 11.8 Å². The van der Waals surface area contributed by atoms with Gasteiger partial charge in [-0.3, -0.25) is 4.79 Å². The number of nitrogens with one attached hydrogen (secondary N) is 1. The van der Waals surface area contributed by atoms with Crippen LogP contribution in [0.1, 0.15) is 18.5 Å². The number of carbonyl (C=O) groups excluding carboxylic acids is 1. The van der Waals surface area contributed by atoms with Crippen molar-refractivity contribution in [3.63, 3.8) is 0 Å². The van der Waals surface area contributed by atoms with Crippen LogP contribution in [-0.2, 0) is 4.79 Å². The van der Waals surface area contributed by atoms with Crippen LogP contribution in [-0.4, -0.2) is 34.1 Å². The van der Waals surface area contributed by atoms with E-state index in [9.17, 15) is 4.79 Å². The molecule has 1 aliphatic rings. The summed E-state index contributed by atoms with van der Waals surface area (Å²) in [6.07, 6.45) is 1.47. The second-order valence-corrected chi connectivity index (χ2v) is 6.68. The lowest BCUT2D eigenvalue weighted by atomic mass is 9.96. The largest absolute Gasteiger partial charge is 0.324 e. The van der Waals surface area contributed by atoms with Crippen LogP contribution >= 0.6 is 0 Å². The van der Waals surface area contributed by atoms with E-state index in [1.54, 1.807) is 0 Å². The zero-order valence-corrected chi connectivity index (χ0v) is 15.1. The summed E-state index contributed by atoms with van der Waals surface area (Å²) in [5.74, 6) is 1.16. The highest BCUT2D eigenvalue weighted by Gasteiger charge is 2.27. The smallest absolute Gasteiger partial charge is 0.324 e. The van der Waals surface area contributed by atoms with Gasteiger partial charge in [0.2, 0.25) is 11.7 Å². The summed E-state index contributed by atoms with van der Waals surface area (Å²) in [7, 11) is 0. The van der Waals surface area contributed by atoms with Crippen molar-refractivity contribution in [2.24, 2.45) is 5.92 Å². The molecule has 3 aromatic rings. The minimum atomic E-state index is -0.0416. The molecule has 0 atom stereocenters. The third-order valence-electron chi connectivity index (χ3n) is 4.72. The van der Waals surface area contributed by atoms with Crippen LogP contribution in [0.5, 0.6) is 0 Å². The number of benzene rings is 1. The average Bonchev–Trinajstić information content (AvgIpc) is 3.19. The molecule has 1 fully saturated rings. The number of anilines is 2. The van der Waals surface area contributed by atoms with E-state index in [2.05, 4.69) is 20.4 Å². The molecule has 7 nitrogen and oxygen atoms in total. The van der Waals surface area contributed by atoms with E-state index in [4.69, 9.17) is 4.52 Å². The number of hydrogen-bond donors (Lipinski definition) is 1. The summed E-state index contributed by atoms with van der Waals surface area (Å²) in [5, 5.41) is 6.98. The van der Waals surface area contributed by atoms with Gasteiger partial charge < -0.3 is 14.7 Å². The highest BCUT2D eigenvalue weighted by atomic mass is 16.5. The number of nitrogens with zero attached hydrogens (tertiary/aromatic N) is 4. The average molecular weight is 363 g/mol. The van der Waals surface area contributed by atoms with E-state index in [0.717, 1.165) is 24.1 Å². The minimum Gasteiger partial charge on any atom is -0.324 e. The minimum absolute atomic E-state index is 0.0169. The maximum atomic E-state index is 12.5. The molecule has 0 saturated carbocycles. The third kappa shape index (κ3) is 3.97. The predicted octanol–water partition coefficient (Wildman–Crippen LogP) is 3.30. The Balaban J connectivity index is 1.35. The number of rotatable bonds is 4. The molecule has 2 aromatic heterocycles. The van der Waals surface area contributed by atoms with Gasteiger partial charge in [-0.15, -0.1) is 0 Å². The number of aromatic nitrogens is 3. The molecule has 0 radical (unpaired) electrons. The number of hydrogen-bond acceptors (Lipinski definition) is 6. The normalized spacial score (nSPS) is 14.9. The number of aryl methyl sites for hydroxylation is 1. The zero-order valence-electron chi connectivity index (χ0n) is 15.1. The SMILES string of the molecule is Cc1cccc(NC(=O)C2CCN(c3nc(-c4ccccc4)no3)CC2)n1. The summed E-state index contributed by atoms with van der Waals surface area (Å²) >= 11 is 0. The first-order valence-corrected chi connectivity index (χ1v) is 9.07. The Morgan fingerprint density at radius 1 is 1.07 bits per heavy atom. The molecule has 27 heavy (non-hydrogen) atoms. The molecule has 0 aliphatic carbocycles. The van der Waals surface area contributed by atoms with Crippen LogP contribution in [0, 0.1) is 12.8 Å². The number of piperidine rings is 1.